The fourth-order valence-corrected chi connectivity index (χ4v) is 2.36. The first kappa shape index (κ1) is 14.7. The summed E-state index contributed by atoms with van der Waals surface area (Å²) in [5.41, 5.74) is 0.703. The molecule has 0 unspecified atom stereocenters. The molecule has 2 aliphatic rings. The summed E-state index contributed by atoms with van der Waals surface area (Å²) in [4.78, 5) is 13.0. The van der Waals surface area contributed by atoms with Crippen molar-refractivity contribution in [2.75, 3.05) is 42.8 Å². The second-order valence-electron chi connectivity index (χ2n) is 4.93. The van der Waals surface area contributed by atoms with Crippen LogP contribution in [0.4, 0.5) is 20.6 Å². The molecule has 118 valence electrons. The Hall–Kier alpha value is -2.19. The Bertz CT molecular complexity index is 595. The molecule has 3 rings (SSSR count). The second-order valence-corrected chi connectivity index (χ2v) is 4.93. The number of nitrogens with zero attached hydrogens (tertiary/aromatic N) is 3. The number of benzene rings is 1. The molecule has 0 aliphatic carbocycles. The summed E-state index contributed by atoms with van der Waals surface area (Å²) in [5.74, 6) is -0.489. The van der Waals surface area contributed by atoms with Crippen LogP contribution in [-0.4, -0.2) is 56.4 Å². The van der Waals surface area contributed by atoms with E-state index < -0.39 is 18.0 Å². The molecule has 7 nitrogen and oxygen atoms in total. The van der Waals surface area contributed by atoms with Crippen LogP contribution in [0.5, 0.6) is 0 Å². The molecule has 1 amide bonds. The van der Waals surface area contributed by atoms with Gasteiger partial charge < -0.3 is 14.6 Å². The maximum absolute atomic E-state index is 14.3. The molecule has 22 heavy (non-hydrogen) atoms. The first-order valence-electron chi connectivity index (χ1n) is 6.95. The second kappa shape index (κ2) is 6.29. The minimum absolute atomic E-state index is 0.198. The Morgan fingerprint density at radius 2 is 2.32 bits per heavy atom. The summed E-state index contributed by atoms with van der Waals surface area (Å²) < 4.78 is 24.5. The average Bonchev–Trinajstić information content (AvgIpc) is 2.73. The van der Waals surface area contributed by atoms with Gasteiger partial charge in [-0.15, -0.1) is 0 Å². The Morgan fingerprint density at radius 1 is 1.45 bits per heavy atom. The lowest BCUT2D eigenvalue weighted by Gasteiger charge is -2.19. The van der Waals surface area contributed by atoms with Crippen LogP contribution in [0, 0.1) is 5.82 Å². The number of carbonyl (C=O) groups is 1. The van der Waals surface area contributed by atoms with Crippen LogP contribution in [0.15, 0.2) is 23.3 Å². The lowest BCUT2D eigenvalue weighted by Crippen LogP contribution is -2.26. The lowest BCUT2D eigenvalue weighted by atomic mass is 10.2. The van der Waals surface area contributed by atoms with E-state index in [1.54, 1.807) is 18.3 Å². The van der Waals surface area contributed by atoms with Gasteiger partial charge in [0.25, 0.3) is 0 Å². The van der Waals surface area contributed by atoms with Crippen molar-refractivity contribution in [3.05, 3.63) is 24.0 Å². The minimum atomic E-state index is -0.590. The summed E-state index contributed by atoms with van der Waals surface area (Å²) in [6.07, 6.45) is 0.402. The third kappa shape index (κ3) is 2.88. The summed E-state index contributed by atoms with van der Waals surface area (Å²) in [7, 11) is 0. The van der Waals surface area contributed by atoms with Crippen molar-refractivity contribution < 1.29 is 23.8 Å². The van der Waals surface area contributed by atoms with Gasteiger partial charge in [-0.1, -0.05) is 0 Å². The van der Waals surface area contributed by atoms with Crippen molar-refractivity contribution in [2.45, 2.75) is 6.10 Å². The van der Waals surface area contributed by atoms with Crippen molar-refractivity contribution in [3.63, 3.8) is 0 Å². The molecule has 1 aromatic carbocycles. The summed E-state index contributed by atoms with van der Waals surface area (Å²) >= 11 is 0. The number of halogens is 1. The average molecular weight is 309 g/mol. The van der Waals surface area contributed by atoms with Gasteiger partial charge in [-0.3, -0.25) is 9.91 Å². The first-order chi connectivity index (χ1) is 10.7. The number of hydrogen-bond acceptors (Lipinski definition) is 6. The number of hydrogen-bond donors (Lipinski definition) is 1. The van der Waals surface area contributed by atoms with Gasteiger partial charge in [-0.2, -0.15) is 5.10 Å². The maximum Gasteiger partial charge on any atom is 0.414 e. The zero-order valence-corrected chi connectivity index (χ0v) is 11.8. The number of aliphatic hydroxyl groups is 1. The standard InChI is InChI=1S/C14H16FN3O4/c15-12-7-10(17-8-11(9-19)22-14(17)20)1-2-13(12)18-4-6-21-5-3-16-18/h1-3,7,11,19H,4-6,8-9H2/t11-/m1/s1. The highest BCUT2D eigenvalue weighted by atomic mass is 19.1. The SMILES string of the molecule is O=C1O[C@@H](CO)CN1c1ccc(N2CCOCC=N2)c(F)c1. The Balaban J connectivity index is 1.81. The van der Waals surface area contributed by atoms with Gasteiger partial charge in [0.05, 0.1) is 50.5 Å². The van der Waals surface area contributed by atoms with E-state index in [1.165, 1.54) is 16.0 Å². The number of aliphatic hydroxyl groups excluding tert-OH is 1. The molecule has 8 heteroatoms. The number of amides is 1. The van der Waals surface area contributed by atoms with E-state index in [0.717, 1.165) is 0 Å². The molecule has 0 spiro atoms. The van der Waals surface area contributed by atoms with E-state index in [1.807, 2.05) is 0 Å². The summed E-state index contributed by atoms with van der Waals surface area (Å²) in [6, 6.07) is 4.45. The van der Waals surface area contributed by atoms with Crippen LogP contribution >= 0.6 is 0 Å². The lowest BCUT2D eigenvalue weighted by molar-refractivity contribution is 0.0963. The number of ether oxygens (including phenoxy) is 2. The Morgan fingerprint density at radius 3 is 3.05 bits per heavy atom. The van der Waals surface area contributed by atoms with Crippen molar-refractivity contribution >= 4 is 23.7 Å². The molecule has 2 heterocycles. The van der Waals surface area contributed by atoms with E-state index in [4.69, 9.17) is 14.6 Å². The third-order valence-corrected chi connectivity index (χ3v) is 3.46. The predicted molar refractivity (Wildman–Crippen MR) is 77.8 cm³/mol. The zero-order chi connectivity index (χ0) is 15.5. The fraction of sp³-hybridized carbons (Fsp3) is 0.429. The summed E-state index contributed by atoms with van der Waals surface area (Å²) in [6.45, 7) is 1.25. The fourth-order valence-electron chi connectivity index (χ4n) is 2.36. The van der Waals surface area contributed by atoms with E-state index in [2.05, 4.69) is 5.10 Å². The smallest absolute Gasteiger partial charge is 0.414 e. The van der Waals surface area contributed by atoms with Gasteiger partial charge in [-0.25, -0.2) is 9.18 Å². The predicted octanol–water partition coefficient (Wildman–Crippen LogP) is 0.966. The van der Waals surface area contributed by atoms with E-state index >= 15 is 0 Å². The Kier molecular flexibility index (Phi) is 4.21. The highest BCUT2D eigenvalue weighted by Gasteiger charge is 2.32. The quantitative estimate of drug-likeness (QED) is 0.900. The molecule has 0 aromatic heterocycles. The van der Waals surface area contributed by atoms with Gasteiger partial charge in [0.15, 0.2) is 0 Å². The van der Waals surface area contributed by atoms with Gasteiger partial charge in [0, 0.05) is 0 Å². The van der Waals surface area contributed by atoms with Crippen molar-refractivity contribution in [3.8, 4) is 0 Å². The number of anilines is 2. The monoisotopic (exact) mass is 309 g/mol. The van der Waals surface area contributed by atoms with Gasteiger partial charge in [-0.05, 0) is 18.2 Å². The highest BCUT2D eigenvalue weighted by molar-refractivity contribution is 5.90. The molecule has 0 bridgehead atoms. The molecule has 1 N–H and O–H groups in total. The number of carbonyl (C=O) groups excluding carboxylic acids is 1. The van der Waals surface area contributed by atoms with E-state index in [9.17, 15) is 9.18 Å². The van der Waals surface area contributed by atoms with Crippen LogP contribution in [-0.2, 0) is 9.47 Å². The van der Waals surface area contributed by atoms with Crippen molar-refractivity contribution in [2.24, 2.45) is 5.10 Å². The largest absolute Gasteiger partial charge is 0.441 e. The molecule has 1 fully saturated rings. The molecular weight excluding hydrogens is 293 g/mol. The normalized spacial score (nSPS) is 21.9. The molecule has 1 atom stereocenters. The van der Waals surface area contributed by atoms with Crippen molar-refractivity contribution in [1.29, 1.82) is 0 Å². The summed E-state index contributed by atoms with van der Waals surface area (Å²) in [5, 5.41) is 14.7. The van der Waals surface area contributed by atoms with E-state index in [0.29, 0.717) is 31.1 Å². The van der Waals surface area contributed by atoms with Gasteiger partial charge in [0.2, 0.25) is 0 Å². The van der Waals surface area contributed by atoms with Crippen LogP contribution in [0.3, 0.4) is 0 Å². The molecule has 1 saturated heterocycles. The third-order valence-electron chi connectivity index (χ3n) is 3.46. The molecular formula is C14H16FN3O4. The highest BCUT2D eigenvalue weighted by Crippen LogP contribution is 2.28. The van der Waals surface area contributed by atoms with Gasteiger partial charge in [0.1, 0.15) is 11.9 Å². The number of hydrazone groups is 1. The van der Waals surface area contributed by atoms with Crippen LogP contribution in [0.1, 0.15) is 0 Å². The topological polar surface area (TPSA) is 74.6 Å². The Labute approximate surface area is 126 Å². The number of rotatable bonds is 3. The van der Waals surface area contributed by atoms with Crippen LogP contribution in [0.25, 0.3) is 0 Å². The van der Waals surface area contributed by atoms with Gasteiger partial charge >= 0.3 is 6.09 Å². The van der Waals surface area contributed by atoms with E-state index in [-0.39, 0.29) is 13.2 Å². The number of cyclic esters (lactones) is 1. The zero-order valence-electron chi connectivity index (χ0n) is 11.8. The molecule has 2 aliphatic heterocycles. The minimum Gasteiger partial charge on any atom is -0.441 e. The maximum atomic E-state index is 14.3. The molecule has 0 radical (unpaired) electrons. The van der Waals surface area contributed by atoms with Crippen LogP contribution in [0.2, 0.25) is 0 Å². The van der Waals surface area contributed by atoms with Crippen molar-refractivity contribution in [1.82, 2.24) is 0 Å². The molecule has 0 saturated carbocycles. The van der Waals surface area contributed by atoms with Crippen LogP contribution < -0.4 is 9.91 Å². The molecule has 1 aromatic rings. The first-order valence-corrected chi connectivity index (χ1v) is 6.95.